The van der Waals surface area contributed by atoms with Crippen LogP contribution in [0.3, 0.4) is 0 Å². The highest BCUT2D eigenvalue weighted by molar-refractivity contribution is 6.01. The molecular weight excluding hydrogens is 413 g/mol. The minimum absolute atomic E-state index is 0.0376. The van der Waals surface area contributed by atoms with Crippen LogP contribution in [0.15, 0.2) is 60.8 Å². The molecule has 0 unspecified atom stereocenters. The smallest absolute Gasteiger partial charge is 0.275 e. The Morgan fingerprint density at radius 3 is 2.31 bits per heavy atom. The SMILES string of the molecule is COc1c(C(=O)N(C)C)ncc(C(=O)NCc2ccc(F)cc2)c1OCc1ccccc1. The molecule has 0 saturated carbocycles. The van der Waals surface area contributed by atoms with Crippen LogP contribution in [0.25, 0.3) is 0 Å². The number of amides is 2. The number of pyridine rings is 1. The van der Waals surface area contributed by atoms with Crippen molar-refractivity contribution in [3.63, 3.8) is 0 Å². The van der Waals surface area contributed by atoms with Crippen LogP contribution in [0.2, 0.25) is 0 Å². The predicted molar refractivity (Wildman–Crippen MR) is 117 cm³/mol. The molecule has 0 aliphatic carbocycles. The van der Waals surface area contributed by atoms with Gasteiger partial charge in [0, 0.05) is 26.8 Å². The summed E-state index contributed by atoms with van der Waals surface area (Å²) in [6.07, 6.45) is 1.29. The fourth-order valence-electron chi connectivity index (χ4n) is 2.94. The van der Waals surface area contributed by atoms with Crippen LogP contribution in [-0.2, 0) is 13.2 Å². The van der Waals surface area contributed by atoms with Crippen molar-refractivity contribution in [1.82, 2.24) is 15.2 Å². The summed E-state index contributed by atoms with van der Waals surface area (Å²) in [5.41, 5.74) is 1.77. The zero-order valence-corrected chi connectivity index (χ0v) is 18.1. The Balaban J connectivity index is 1.92. The number of ether oxygens (including phenoxy) is 2. The van der Waals surface area contributed by atoms with Gasteiger partial charge < -0.3 is 19.7 Å². The van der Waals surface area contributed by atoms with Crippen LogP contribution in [-0.4, -0.2) is 42.9 Å². The number of hydrogen-bond acceptors (Lipinski definition) is 5. The van der Waals surface area contributed by atoms with Crippen LogP contribution >= 0.6 is 0 Å². The van der Waals surface area contributed by atoms with Crippen LogP contribution in [0, 0.1) is 5.82 Å². The molecule has 0 spiro atoms. The van der Waals surface area contributed by atoms with Gasteiger partial charge in [-0.05, 0) is 23.3 Å². The van der Waals surface area contributed by atoms with Crippen LogP contribution in [0.1, 0.15) is 32.0 Å². The van der Waals surface area contributed by atoms with E-state index in [4.69, 9.17) is 9.47 Å². The maximum absolute atomic E-state index is 13.1. The lowest BCUT2D eigenvalue weighted by atomic mass is 10.1. The van der Waals surface area contributed by atoms with Gasteiger partial charge in [-0.2, -0.15) is 0 Å². The fraction of sp³-hybridized carbons (Fsp3) is 0.208. The van der Waals surface area contributed by atoms with E-state index in [1.54, 1.807) is 26.2 Å². The second kappa shape index (κ2) is 10.4. The minimum Gasteiger partial charge on any atom is -0.491 e. The molecule has 1 heterocycles. The van der Waals surface area contributed by atoms with Crippen molar-refractivity contribution in [3.05, 3.63) is 89.0 Å². The van der Waals surface area contributed by atoms with Gasteiger partial charge in [0.1, 0.15) is 18.0 Å². The summed E-state index contributed by atoms with van der Waals surface area (Å²) < 4.78 is 24.5. The maximum atomic E-state index is 13.1. The highest BCUT2D eigenvalue weighted by Crippen LogP contribution is 2.35. The first-order chi connectivity index (χ1) is 15.4. The fourth-order valence-corrected chi connectivity index (χ4v) is 2.94. The van der Waals surface area contributed by atoms with Crippen molar-refractivity contribution < 1.29 is 23.5 Å². The van der Waals surface area contributed by atoms with E-state index in [1.807, 2.05) is 30.3 Å². The molecule has 3 aromatic rings. The molecule has 0 atom stereocenters. The molecule has 0 fully saturated rings. The molecule has 166 valence electrons. The van der Waals surface area contributed by atoms with Gasteiger partial charge in [0.2, 0.25) is 0 Å². The first-order valence-electron chi connectivity index (χ1n) is 9.88. The summed E-state index contributed by atoms with van der Waals surface area (Å²) in [6, 6.07) is 15.2. The monoisotopic (exact) mass is 437 g/mol. The Bertz CT molecular complexity index is 1090. The van der Waals surface area contributed by atoms with E-state index in [0.29, 0.717) is 0 Å². The van der Waals surface area contributed by atoms with E-state index in [-0.39, 0.29) is 47.6 Å². The normalized spacial score (nSPS) is 10.4. The first kappa shape index (κ1) is 22.7. The minimum atomic E-state index is -0.466. The summed E-state index contributed by atoms with van der Waals surface area (Å²) in [7, 11) is 4.58. The Kier molecular flexibility index (Phi) is 7.38. The zero-order valence-electron chi connectivity index (χ0n) is 18.1. The van der Waals surface area contributed by atoms with E-state index >= 15 is 0 Å². The Morgan fingerprint density at radius 1 is 1.00 bits per heavy atom. The summed E-state index contributed by atoms with van der Waals surface area (Å²) in [5, 5.41) is 2.76. The third-order valence-corrected chi connectivity index (χ3v) is 4.64. The molecule has 0 bridgehead atoms. The summed E-state index contributed by atoms with van der Waals surface area (Å²) >= 11 is 0. The Morgan fingerprint density at radius 2 is 1.69 bits per heavy atom. The van der Waals surface area contributed by atoms with Crippen molar-refractivity contribution >= 4 is 11.8 Å². The topological polar surface area (TPSA) is 80.8 Å². The number of aromatic nitrogens is 1. The van der Waals surface area contributed by atoms with E-state index in [9.17, 15) is 14.0 Å². The molecule has 2 amide bonds. The van der Waals surface area contributed by atoms with Crippen molar-refractivity contribution in [2.75, 3.05) is 21.2 Å². The molecule has 0 radical (unpaired) electrons. The van der Waals surface area contributed by atoms with Crippen molar-refractivity contribution in [1.29, 1.82) is 0 Å². The third kappa shape index (κ3) is 5.40. The van der Waals surface area contributed by atoms with Gasteiger partial charge in [0.25, 0.3) is 11.8 Å². The second-order valence-corrected chi connectivity index (χ2v) is 7.17. The number of rotatable bonds is 8. The predicted octanol–water partition coefficient (Wildman–Crippen LogP) is 3.44. The number of nitrogens with one attached hydrogen (secondary N) is 1. The van der Waals surface area contributed by atoms with Gasteiger partial charge in [-0.1, -0.05) is 42.5 Å². The molecule has 3 rings (SSSR count). The van der Waals surface area contributed by atoms with Crippen molar-refractivity contribution in [2.45, 2.75) is 13.2 Å². The molecule has 0 aliphatic rings. The molecule has 8 heteroatoms. The number of methoxy groups -OCH3 is 1. The van der Waals surface area contributed by atoms with Crippen molar-refractivity contribution in [3.8, 4) is 11.5 Å². The number of hydrogen-bond donors (Lipinski definition) is 1. The standard InChI is InChI=1S/C24H24FN3O4/c1-28(2)24(30)20-22(31-3)21(32-15-17-7-5-4-6-8-17)19(14-26-20)23(29)27-13-16-9-11-18(25)12-10-16/h4-12,14H,13,15H2,1-3H3,(H,27,29). The lowest BCUT2D eigenvalue weighted by Crippen LogP contribution is -2.26. The van der Waals surface area contributed by atoms with Gasteiger partial charge in [0.15, 0.2) is 17.2 Å². The second-order valence-electron chi connectivity index (χ2n) is 7.17. The van der Waals surface area contributed by atoms with Crippen LogP contribution in [0.5, 0.6) is 11.5 Å². The Hall–Kier alpha value is -3.94. The number of nitrogens with zero attached hydrogens (tertiary/aromatic N) is 2. The molecule has 1 aromatic heterocycles. The van der Waals surface area contributed by atoms with Gasteiger partial charge in [-0.25, -0.2) is 9.37 Å². The van der Waals surface area contributed by atoms with Gasteiger partial charge >= 0.3 is 0 Å². The average Bonchev–Trinajstić information content (AvgIpc) is 2.81. The lowest BCUT2D eigenvalue weighted by Gasteiger charge is -2.18. The van der Waals surface area contributed by atoms with Gasteiger partial charge in [-0.15, -0.1) is 0 Å². The molecule has 0 aliphatic heterocycles. The van der Waals surface area contributed by atoms with Crippen LogP contribution < -0.4 is 14.8 Å². The highest BCUT2D eigenvalue weighted by atomic mass is 19.1. The Labute approximate surface area is 185 Å². The number of benzene rings is 2. The largest absolute Gasteiger partial charge is 0.491 e. The molecule has 7 nitrogen and oxygen atoms in total. The summed E-state index contributed by atoms with van der Waals surface area (Å²) in [6.45, 7) is 0.340. The van der Waals surface area contributed by atoms with Gasteiger partial charge in [0.05, 0.1) is 7.11 Å². The number of carbonyl (C=O) groups excluding carboxylic acids is 2. The summed E-state index contributed by atoms with van der Waals surface area (Å²) in [4.78, 5) is 31.0. The third-order valence-electron chi connectivity index (χ3n) is 4.64. The maximum Gasteiger partial charge on any atom is 0.275 e. The summed E-state index contributed by atoms with van der Waals surface area (Å²) in [5.74, 6) is -1.01. The molecule has 1 N–H and O–H groups in total. The molecule has 0 saturated heterocycles. The van der Waals surface area contributed by atoms with Crippen LogP contribution in [0.4, 0.5) is 4.39 Å². The quantitative estimate of drug-likeness (QED) is 0.584. The molecular formula is C24H24FN3O4. The van der Waals surface area contributed by atoms with E-state index < -0.39 is 5.91 Å². The number of carbonyl (C=O) groups is 2. The van der Waals surface area contributed by atoms with E-state index in [1.165, 1.54) is 30.3 Å². The highest BCUT2D eigenvalue weighted by Gasteiger charge is 2.26. The number of halogens is 1. The average molecular weight is 437 g/mol. The van der Waals surface area contributed by atoms with E-state index in [0.717, 1.165) is 11.1 Å². The van der Waals surface area contributed by atoms with E-state index in [2.05, 4.69) is 10.3 Å². The molecule has 32 heavy (non-hydrogen) atoms. The zero-order chi connectivity index (χ0) is 23.1. The lowest BCUT2D eigenvalue weighted by molar-refractivity contribution is 0.0815. The molecule has 2 aromatic carbocycles. The van der Waals surface area contributed by atoms with Crippen molar-refractivity contribution in [2.24, 2.45) is 0 Å². The van der Waals surface area contributed by atoms with Gasteiger partial charge in [-0.3, -0.25) is 9.59 Å². The first-order valence-corrected chi connectivity index (χ1v) is 9.88.